The van der Waals surface area contributed by atoms with Gasteiger partial charge in [-0.3, -0.25) is 29.6 Å². The fourth-order valence-corrected chi connectivity index (χ4v) is 4.25. The van der Waals surface area contributed by atoms with Gasteiger partial charge in [-0.2, -0.15) is 16.8 Å². The topological polar surface area (TPSA) is 254 Å². The summed E-state index contributed by atoms with van der Waals surface area (Å²) in [6.07, 6.45) is 0. The molecule has 0 aromatic heterocycles. The predicted molar refractivity (Wildman–Crippen MR) is 72.5 cm³/mol. The number of nitrogens with zero attached hydrogens (tertiary/aromatic N) is 3. The number of hydrogen-bond acceptors (Lipinski definition) is 11. The highest BCUT2D eigenvalue weighted by Crippen LogP contribution is 2.30. The van der Waals surface area contributed by atoms with Crippen molar-refractivity contribution in [2.75, 3.05) is 7.11 Å². The lowest BCUT2D eigenvalue weighted by Crippen LogP contribution is -2.57. The van der Waals surface area contributed by atoms with Crippen molar-refractivity contribution in [3.8, 4) is 0 Å². The van der Waals surface area contributed by atoms with Gasteiger partial charge in [0.05, 0.1) is 12.0 Å². The second-order valence-electron chi connectivity index (χ2n) is 4.32. The number of methoxy groups -OCH3 is 1. The molecule has 0 bridgehead atoms. The summed E-state index contributed by atoms with van der Waals surface area (Å²) in [5.41, 5.74) is -5.45. The van der Waals surface area contributed by atoms with Gasteiger partial charge in [0.2, 0.25) is 0 Å². The lowest BCUT2D eigenvalue weighted by Gasteiger charge is -2.22. The number of ether oxygens (including phenoxy) is 1. The van der Waals surface area contributed by atoms with E-state index in [2.05, 4.69) is 4.74 Å². The Labute approximate surface area is 137 Å². The van der Waals surface area contributed by atoms with Gasteiger partial charge in [-0.25, -0.2) is 0 Å². The molecule has 0 saturated heterocycles. The average molecular weight is 407 g/mol. The van der Waals surface area contributed by atoms with Crippen LogP contribution in [0.25, 0.3) is 0 Å². The smallest absolute Gasteiger partial charge is 0.325 e. The largest absolute Gasteiger partial charge is 0.486 e. The van der Waals surface area contributed by atoms with Crippen molar-refractivity contribution in [2.45, 2.75) is 10.5 Å². The summed E-state index contributed by atoms with van der Waals surface area (Å²) in [6.45, 7) is 0. The third-order valence-electron chi connectivity index (χ3n) is 2.92. The molecule has 0 radical (unpaired) electrons. The second-order valence-corrected chi connectivity index (χ2v) is 7.32. The first-order chi connectivity index (χ1) is 11.2. The molecule has 4 N–H and O–H groups in total. The molecule has 0 saturated carbocycles. The van der Waals surface area contributed by atoms with Crippen LogP contribution in [0.5, 0.6) is 0 Å². The van der Waals surface area contributed by atoms with Crippen molar-refractivity contribution >= 4 is 31.7 Å². The molecule has 1 aliphatic rings. The maximum absolute atomic E-state index is 11.5. The Bertz CT molecular complexity index is 903. The minimum atomic E-state index is -5.71. The van der Waals surface area contributed by atoms with Crippen molar-refractivity contribution in [3.05, 3.63) is 32.0 Å². The third-order valence-corrected chi connectivity index (χ3v) is 5.04. The van der Waals surface area contributed by atoms with E-state index in [4.69, 9.17) is 19.5 Å². The summed E-state index contributed by atoms with van der Waals surface area (Å²) in [4.78, 5) is 6.67. The van der Waals surface area contributed by atoms with Gasteiger partial charge in [0.15, 0.2) is 0 Å². The van der Waals surface area contributed by atoms with Crippen LogP contribution in [0.3, 0.4) is 0 Å². The van der Waals surface area contributed by atoms with Crippen LogP contribution in [-0.4, -0.2) is 80.1 Å². The molecule has 1 rings (SSSR count). The van der Waals surface area contributed by atoms with Gasteiger partial charge in [-0.1, -0.05) is 0 Å². The molecule has 2 atom stereocenters. The zero-order valence-corrected chi connectivity index (χ0v) is 13.4. The van der Waals surface area contributed by atoms with Gasteiger partial charge < -0.3 is 15.2 Å². The van der Waals surface area contributed by atoms with Crippen LogP contribution in [0.1, 0.15) is 0 Å². The Morgan fingerprint density at radius 1 is 0.960 bits per heavy atom. The van der Waals surface area contributed by atoms with Crippen LogP contribution in [0.15, 0.2) is 11.5 Å². The Morgan fingerprint density at radius 2 is 1.40 bits per heavy atom. The highest BCUT2D eigenvalue weighted by atomic mass is 32.2. The first-order valence-corrected chi connectivity index (χ1v) is 8.58. The monoisotopic (exact) mass is 407 g/mol. The van der Waals surface area contributed by atoms with Gasteiger partial charge in [-0.15, -0.1) is 0 Å². The summed E-state index contributed by atoms with van der Waals surface area (Å²) in [7, 11) is -10.8. The first kappa shape index (κ1) is 20.3. The summed E-state index contributed by atoms with van der Waals surface area (Å²) < 4.78 is 68.5. The SMILES string of the molecule is COC1=C([N+](=O)[O-])[C@@H](S(=O)(=O)O)/C(=[N+](/[O-])O)[C@@H](S(=O)(=O)O)/C1=[N+](/[O-])O. The van der Waals surface area contributed by atoms with Gasteiger partial charge in [0, 0.05) is 9.80 Å². The molecule has 16 nitrogen and oxygen atoms in total. The number of hydrogen-bond donors (Lipinski definition) is 4. The van der Waals surface area contributed by atoms with Gasteiger partial charge >= 0.3 is 11.4 Å². The van der Waals surface area contributed by atoms with Crippen LogP contribution in [0.4, 0.5) is 0 Å². The van der Waals surface area contributed by atoms with Crippen LogP contribution in [0.2, 0.25) is 0 Å². The first-order valence-electron chi connectivity index (χ1n) is 5.57. The number of allylic oxidation sites excluding steroid dienone is 1. The van der Waals surface area contributed by atoms with Crippen molar-refractivity contribution in [1.82, 2.24) is 0 Å². The molecule has 0 aromatic rings. The van der Waals surface area contributed by atoms with Crippen LogP contribution < -0.4 is 0 Å². The van der Waals surface area contributed by atoms with E-state index in [0.717, 1.165) is 0 Å². The molecule has 0 heterocycles. The Kier molecular flexibility index (Phi) is 5.13. The average Bonchev–Trinajstić information content (AvgIpc) is 2.41. The Morgan fingerprint density at radius 3 is 1.64 bits per heavy atom. The highest BCUT2D eigenvalue weighted by molar-refractivity contribution is 7.89. The molecule has 0 fully saturated rings. The Hall–Kier alpha value is -2.70. The van der Waals surface area contributed by atoms with E-state index in [1.165, 1.54) is 0 Å². The molecule has 1 aliphatic carbocycles. The summed E-state index contributed by atoms with van der Waals surface area (Å²) >= 11 is 0. The van der Waals surface area contributed by atoms with E-state index in [1.807, 2.05) is 0 Å². The maximum atomic E-state index is 11.5. The fourth-order valence-electron chi connectivity index (χ4n) is 2.15. The van der Waals surface area contributed by atoms with Gasteiger partial charge in [-0.05, 0) is 0 Å². The predicted octanol–water partition coefficient (Wildman–Crippen LogP) is -2.67. The van der Waals surface area contributed by atoms with E-state index in [-0.39, 0.29) is 0 Å². The highest BCUT2D eigenvalue weighted by Gasteiger charge is 2.65. The van der Waals surface area contributed by atoms with Crippen LogP contribution >= 0.6 is 0 Å². The molecule has 0 amide bonds. The lowest BCUT2D eigenvalue weighted by atomic mass is 9.97. The Balaban J connectivity index is 4.30. The van der Waals surface area contributed by atoms with Crippen molar-refractivity contribution in [3.63, 3.8) is 0 Å². The molecule has 25 heavy (non-hydrogen) atoms. The van der Waals surface area contributed by atoms with Crippen molar-refractivity contribution in [2.24, 2.45) is 0 Å². The fraction of sp³-hybridized carbons (Fsp3) is 0.429. The lowest BCUT2D eigenvalue weighted by molar-refractivity contribution is -0.731. The molecule has 0 unspecified atom stereocenters. The molecular formula is C7H9N3O13S2. The standard InChI is InChI=1S/C7H9N3O13S2/c1-23-5-2(8(11)12)6(24(17,18)19)4(10(15)16)7(25(20,21)22)3(5)9(13)14/h6-7H,1H3,(H,11,12)(H,15,16)(H,17,18,19)(H,20,21,22)/t6-,7+/m0/s1. The van der Waals surface area contributed by atoms with Crippen LogP contribution in [0, 0.1) is 20.5 Å². The van der Waals surface area contributed by atoms with E-state index in [9.17, 15) is 37.4 Å². The molecule has 18 heteroatoms. The van der Waals surface area contributed by atoms with E-state index in [1.54, 1.807) is 0 Å². The maximum Gasteiger partial charge on any atom is 0.325 e. The number of nitro groups is 1. The zero-order chi connectivity index (χ0) is 19.9. The minimum Gasteiger partial charge on any atom is -0.486 e. The van der Waals surface area contributed by atoms with Gasteiger partial charge in [0.25, 0.3) is 42.2 Å². The normalized spacial score (nSPS) is 26.2. The molecule has 0 aromatic carbocycles. The number of rotatable bonds is 4. The summed E-state index contributed by atoms with van der Waals surface area (Å²) in [5, 5.41) is 45.3. The quantitative estimate of drug-likeness (QED) is 0.122. The molecule has 0 spiro atoms. The summed E-state index contributed by atoms with van der Waals surface area (Å²) in [6, 6.07) is 0. The second kappa shape index (κ2) is 6.31. The summed E-state index contributed by atoms with van der Waals surface area (Å²) in [5.74, 6) is -1.49. The van der Waals surface area contributed by atoms with E-state index in [0.29, 0.717) is 7.11 Å². The van der Waals surface area contributed by atoms with Gasteiger partial charge in [0.1, 0.15) is 0 Å². The van der Waals surface area contributed by atoms with Crippen molar-refractivity contribution in [1.29, 1.82) is 0 Å². The van der Waals surface area contributed by atoms with Crippen LogP contribution in [-0.2, 0) is 25.0 Å². The molecule has 0 aliphatic heterocycles. The van der Waals surface area contributed by atoms with Crippen molar-refractivity contribution < 1.29 is 55.8 Å². The van der Waals surface area contributed by atoms with E-state index < -0.39 is 68.3 Å². The van der Waals surface area contributed by atoms with E-state index >= 15 is 0 Å². The third kappa shape index (κ3) is 3.55. The minimum absolute atomic E-state index is 0.587. The molecule has 142 valence electrons. The molecular weight excluding hydrogens is 398 g/mol. The zero-order valence-electron chi connectivity index (χ0n) is 11.8.